The molecule has 15 heavy (non-hydrogen) atoms. The Hall–Kier alpha value is -0.830. The number of ether oxygens (including phenoxy) is 1. The summed E-state index contributed by atoms with van der Waals surface area (Å²) < 4.78 is 4.54. The molecule has 0 aliphatic heterocycles. The molecule has 0 fully saturated rings. The molecule has 0 bridgehead atoms. The molecule has 0 amide bonds. The Morgan fingerprint density at radius 1 is 1.40 bits per heavy atom. The van der Waals surface area contributed by atoms with Crippen LogP contribution in [-0.4, -0.2) is 24.3 Å². The van der Waals surface area contributed by atoms with E-state index in [0.717, 1.165) is 12.8 Å². The number of aliphatic hydroxyl groups is 1. The minimum atomic E-state index is -0.527. The zero-order valence-corrected chi connectivity index (χ0v) is 9.95. The van der Waals surface area contributed by atoms with Crippen molar-refractivity contribution in [1.82, 2.24) is 0 Å². The molecule has 3 heteroatoms. The summed E-state index contributed by atoms with van der Waals surface area (Å²) in [4.78, 5) is 11.0. The third-order valence-corrected chi connectivity index (χ3v) is 2.30. The van der Waals surface area contributed by atoms with Crippen molar-refractivity contribution < 1.29 is 14.6 Å². The first-order valence-electron chi connectivity index (χ1n) is 5.56. The molecule has 3 nitrogen and oxygen atoms in total. The summed E-state index contributed by atoms with van der Waals surface area (Å²) in [6.07, 6.45) is 6.28. The molecule has 1 N–H and O–H groups in total. The number of rotatable bonds is 7. The van der Waals surface area contributed by atoms with E-state index in [2.05, 4.69) is 11.7 Å². The number of aliphatic hydroxyl groups excluding tert-OH is 1. The second-order valence-corrected chi connectivity index (χ2v) is 3.76. The van der Waals surface area contributed by atoms with Crippen LogP contribution in [0.2, 0.25) is 0 Å². The lowest BCUT2D eigenvalue weighted by atomic mass is 10.1. The maximum absolute atomic E-state index is 11.0. The van der Waals surface area contributed by atoms with Crippen LogP contribution in [0.4, 0.5) is 0 Å². The van der Waals surface area contributed by atoms with Crippen LogP contribution < -0.4 is 0 Å². The standard InChI is InChI=1S/C12H22O3/c1-4-5-6-7-8-11(13)9-10(2)12(14)15-3/h9,11,13H,4-8H2,1-3H3. The van der Waals surface area contributed by atoms with Crippen molar-refractivity contribution in [3.63, 3.8) is 0 Å². The summed E-state index contributed by atoms with van der Waals surface area (Å²) in [6.45, 7) is 3.80. The van der Waals surface area contributed by atoms with Gasteiger partial charge in [0.05, 0.1) is 13.2 Å². The minimum absolute atomic E-state index is 0.373. The molecule has 0 aliphatic carbocycles. The van der Waals surface area contributed by atoms with E-state index in [9.17, 15) is 9.90 Å². The Kier molecular flexibility index (Phi) is 8.01. The highest BCUT2D eigenvalue weighted by Gasteiger charge is 2.06. The molecular weight excluding hydrogens is 192 g/mol. The number of hydrogen-bond acceptors (Lipinski definition) is 3. The molecule has 0 aliphatic rings. The van der Waals surface area contributed by atoms with E-state index in [1.54, 1.807) is 13.0 Å². The zero-order valence-electron chi connectivity index (χ0n) is 9.95. The van der Waals surface area contributed by atoms with Gasteiger partial charge >= 0.3 is 5.97 Å². The molecule has 88 valence electrons. The van der Waals surface area contributed by atoms with Crippen LogP contribution in [0, 0.1) is 0 Å². The number of unbranched alkanes of at least 4 members (excludes halogenated alkanes) is 3. The van der Waals surface area contributed by atoms with Crippen LogP contribution >= 0.6 is 0 Å². The van der Waals surface area contributed by atoms with Crippen molar-refractivity contribution in [3.05, 3.63) is 11.6 Å². The van der Waals surface area contributed by atoms with Gasteiger partial charge < -0.3 is 9.84 Å². The number of carbonyl (C=O) groups excluding carboxylic acids is 1. The Labute approximate surface area is 92.1 Å². The molecule has 0 aromatic rings. The van der Waals surface area contributed by atoms with Crippen molar-refractivity contribution in [2.45, 2.75) is 52.1 Å². The normalized spacial score (nSPS) is 13.7. The fourth-order valence-electron chi connectivity index (χ4n) is 1.38. The van der Waals surface area contributed by atoms with E-state index in [1.807, 2.05) is 0 Å². The predicted molar refractivity (Wildman–Crippen MR) is 60.5 cm³/mol. The summed E-state index contributed by atoms with van der Waals surface area (Å²) in [5.74, 6) is -0.373. The van der Waals surface area contributed by atoms with Gasteiger partial charge in [-0.1, -0.05) is 32.6 Å². The molecular formula is C12H22O3. The Morgan fingerprint density at radius 2 is 2.07 bits per heavy atom. The Balaban J connectivity index is 3.80. The van der Waals surface area contributed by atoms with Crippen LogP contribution in [0.15, 0.2) is 11.6 Å². The van der Waals surface area contributed by atoms with Gasteiger partial charge in [0.1, 0.15) is 0 Å². The molecule has 0 rings (SSSR count). The number of methoxy groups -OCH3 is 1. The van der Waals surface area contributed by atoms with E-state index in [1.165, 1.54) is 20.0 Å². The van der Waals surface area contributed by atoms with E-state index in [-0.39, 0.29) is 5.97 Å². The quantitative estimate of drug-likeness (QED) is 0.402. The van der Waals surface area contributed by atoms with Crippen molar-refractivity contribution >= 4 is 5.97 Å². The summed E-state index contributed by atoms with van der Waals surface area (Å²) in [5, 5.41) is 9.58. The van der Waals surface area contributed by atoms with E-state index < -0.39 is 6.10 Å². The minimum Gasteiger partial charge on any atom is -0.466 e. The summed E-state index contributed by atoms with van der Waals surface area (Å²) in [6, 6.07) is 0. The van der Waals surface area contributed by atoms with Gasteiger partial charge in [0.15, 0.2) is 0 Å². The monoisotopic (exact) mass is 214 g/mol. The van der Waals surface area contributed by atoms with Gasteiger partial charge in [-0.2, -0.15) is 0 Å². The van der Waals surface area contributed by atoms with Gasteiger partial charge in [0.25, 0.3) is 0 Å². The van der Waals surface area contributed by atoms with Crippen LogP contribution in [-0.2, 0) is 9.53 Å². The molecule has 0 heterocycles. The van der Waals surface area contributed by atoms with Crippen LogP contribution in [0.25, 0.3) is 0 Å². The van der Waals surface area contributed by atoms with Crippen molar-refractivity contribution in [3.8, 4) is 0 Å². The Bertz CT molecular complexity index is 209. The summed E-state index contributed by atoms with van der Waals surface area (Å²) >= 11 is 0. The average molecular weight is 214 g/mol. The third kappa shape index (κ3) is 7.14. The van der Waals surface area contributed by atoms with Gasteiger partial charge in [-0.25, -0.2) is 4.79 Å². The maximum atomic E-state index is 11.0. The molecule has 1 unspecified atom stereocenters. The van der Waals surface area contributed by atoms with Crippen molar-refractivity contribution in [2.24, 2.45) is 0 Å². The predicted octanol–water partition coefficient (Wildman–Crippen LogP) is 2.44. The fourth-order valence-corrected chi connectivity index (χ4v) is 1.38. The van der Waals surface area contributed by atoms with Gasteiger partial charge in [-0.05, 0) is 19.4 Å². The zero-order chi connectivity index (χ0) is 11.7. The lowest BCUT2D eigenvalue weighted by Crippen LogP contribution is -2.08. The highest BCUT2D eigenvalue weighted by molar-refractivity contribution is 5.87. The van der Waals surface area contributed by atoms with Crippen LogP contribution in [0.5, 0.6) is 0 Å². The second kappa shape index (κ2) is 8.48. The summed E-state index contributed by atoms with van der Waals surface area (Å²) in [7, 11) is 1.34. The Morgan fingerprint density at radius 3 is 2.60 bits per heavy atom. The molecule has 1 atom stereocenters. The van der Waals surface area contributed by atoms with E-state index in [0.29, 0.717) is 12.0 Å². The molecule has 0 aromatic heterocycles. The van der Waals surface area contributed by atoms with Crippen LogP contribution in [0.3, 0.4) is 0 Å². The third-order valence-electron chi connectivity index (χ3n) is 2.30. The first-order chi connectivity index (χ1) is 7.11. The highest BCUT2D eigenvalue weighted by Crippen LogP contribution is 2.08. The lowest BCUT2D eigenvalue weighted by molar-refractivity contribution is -0.136. The smallest absolute Gasteiger partial charge is 0.333 e. The van der Waals surface area contributed by atoms with E-state index in [4.69, 9.17) is 0 Å². The molecule has 0 spiro atoms. The average Bonchev–Trinajstić information content (AvgIpc) is 2.23. The number of carbonyl (C=O) groups is 1. The largest absolute Gasteiger partial charge is 0.466 e. The van der Waals surface area contributed by atoms with Crippen LogP contribution in [0.1, 0.15) is 46.0 Å². The van der Waals surface area contributed by atoms with Gasteiger partial charge in [0.2, 0.25) is 0 Å². The first-order valence-corrected chi connectivity index (χ1v) is 5.56. The SMILES string of the molecule is CCCCCCC(O)C=C(C)C(=O)OC. The van der Waals surface area contributed by atoms with Crippen molar-refractivity contribution in [2.75, 3.05) is 7.11 Å². The maximum Gasteiger partial charge on any atom is 0.333 e. The lowest BCUT2D eigenvalue weighted by Gasteiger charge is -2.06. The van der Waals surface area contributed by atoms with E-state index >= 15 is 0 Å². The second-order valence-electron chi connectivity index (χ2n) is 3.76. The molecule has 0 saturated heterocycles. The number of hydrogen-bond donors (Lipinski definition) is 1. The first kappa shape index (κ1) is 14.2. The highest BCUT2D eigenvalue weighted by atomic mass is 16.5. The molecule has 0 radical (unpaired) electrons. The fraction of sp³-hybridized carbons (Fsp3) is 0.750. The van der Waals surface area contributed by atoms with Gasteiger partial charge in [-0.15, -0.1) is 0 Å². The van der Waals surface area contributed by atoms with Gasteiger partial charge in [0, 0.05) is 5.57 Å². The van der Waals surface area contributed by atoms with Crippen molar-refractivity contribution in [1.29, 1.82) is 0 Å². The molecule has 0 aromatic carbocycles. The van der Waals surface area contributed by atoms with Gasteiger partial charge in [-0.3, -0.25) is 0 Å². The number of esters is 1. The molecule has 0 saturated carbocycles. The summed E-state index contributed by atoms with van der Waals surface area (Å²) in [5.41, 5.74) is 0.473. The topological polar surface area (TPSA) is 46.5 Å².